The Morgan fingerprint density at radius 1 is 1.09 bits per heavy atom. The largest absolute Gasteiger partial charge is 0.496 e. The molecule has 1 aliphatic rings. The van der Waals surface area contributed by atoms with E-state index in [0.29, 0.717) is 0 Å². The van der Waals surface area contributed by atoms with E-state index < -0.39 is 5.41 Å². The van der Waals surface area contributed by atoms with Gasteiger partial charge in [0.2, 0.25) is 5.91 Å². The number of hydrogen-bond acceptors (Lipinski definition) is 2. The molecule has 1 saturated carbocycles. The molecule has 114 valence electrons. The van der Waals surface area contributed by atoms with Gasteiger partial charge in [-0.2, -0.15) is 0 Å². The molecule has 0 bridgehead atoms. The normalized spacial score (nSPS) is 15.2. The topological polar surface area (TPSA) is 38.3 Å². The van der Waals surface area contributed by atoms with Gasteiger partial charge in [-0.25, -0.2) is 0 Å². The fourth-order valence-electron chi connectivity index (χ4n) is 2.91. The number of nitrogens with one attached hydrogen (secondary N) is 1. The van der Waals surface area contributed by atoms with Crippen molar-refractivity contribution in [2.75, 3.05) is 12.4 Å². The van der Waals surface area contributed by atoms with Crippen molar-refractivity contribution in [1.29, 1.82) is 0 Å². The molecule has 2 aromatic rings. The van der Waals surface area contributed by atoms with E-state index in [9.17, 15) is 4.79 Å². The zero-order valence-electron chi connectivity index (χ0n) is 13.3. The maximum Gasteiger partial charge on any atom is 0.235 e. The molecule has 1 N–H and O–H groups in total. The van der Waals surface area contributed by atoms with Crippen LogP contribution in [0.15, 0.2) is 42.5 Å². The Labute approximate surface area is 131 Å². The number of amides is 1. The average Bonchev–Trinajstić information content (AvgIpc) is 3.33. The first-order valence-electron chi connectivity index (χ1n) is 7.59. The summed E-state index contributed by atoms with van der Waals surface area (Å²) in [4.78, 5) is 12.9. The van der Waals surface area contributed by atoms with Crippen molar-refractivity contribution in [2.45, 2.75) is 32.1 Å². The second kappa shape index (κ2) is 5.48. The molecule has 2 aromatic carbocycles. The van der Waals surface area contributed by atoms with Gasteiger partial charge in [0.1, 0.15) is 5.75 Å². The highest BCUT2D eigenvalue weighted by Crippen LogP contribution is 2.52. The lowest BCUT2D eigenvalue weighted by molar-refractivity contribution is -0.118. The summed E-state index contributed by atoms with van der Waals surface area (Å²) in [6.45, 7) is 4.09. The zero-order valence-corrected chi connectivity index (χ0v) is 13.3. The SMILES string of the molecule is COc1ccccc1C1(C(=O)Nc2cccc(C)c2C)CC1. The van der Waals surface area contributed by atoms with Crippen LogP contribution in [0.3, 0.4) is 0 Å². The highest BCUT2D eigenvalue weighted by molar-refractivity contribution is 6.02. The molecule has 1 amide bonds. The molecule has 0 unspecified atom stereocenters. The van der Waals surface area contributed by atoms with E-state index in [1.54, 1.807) is 7.11 Å². The molecule has 1 fully saturated rings. The number of hydrogen-bond donors (Lipinski definition) is 1. The van der Waals surface area contributed by atoms with E-state index in [0.717, 1.165) is 35.4 Å². The summed E-state index contributed by atoms with van der Waals surface area (Å²) in [5, 5.41) is 3.11. The monoisotopic (exact) mass is 295 g/mol. The molecule has 1 aliphatic carbocycles. The number of anilines is 1. The van der Waals surface area contributed by atoms with E-state index in [1.165, 1.54) is 5.56 Å². The smallest absolute Gasteiger partial charge is 0.235 e. The lowest BCUT2D eigenvalue weighted by Gasteiger charge is -2.19. The lowest BCUT2D eigenvalue weighted by atomic mass is 9.93. The van der Waals surface area contributed by atoms with Crippen molar-refractivity contribution >= 4 is 11.6 Å². The van der Waals surface area contributed by atoms with Gasteiger partial charge in [0, 0.05) is 11.3 Å². The standard InChI is InChI=1S/C19H21NO2/c1-13-7-6-9-16(14(13)2)20-18(21)19(11-12-19)15-8-4-5-10-17(15)22-3/h4-10H,11-12H2,1-3H3,(H,20,21). The van der Waals surface area contributed by atoms with Crippen LogP contribution in [0.1, 0.15) is 29.5 Å². The molecule has 0 heterocycles. The molecule has 0 radical (unpaired) electrons. The van der Waals surface area contributed by atoms with Gasteiger partial charge in [-0.05, 0) is 49.9 Å². The van der Waals surface area contributed by atoms with Crippen molar-refractivity contribution < 1.29 is 9.53 Å². The number of rotatable bonds is 4. The Morgan fingerprint density at radius 3 is 2.50 bits per heavy atom. The number of ether oxygens (including phenoxy) is 1. The van der Waals surface area contributed by atoms with Crippen molar-refractivity contribution in [2.24, 2.45) is 0 Å². The maximum absolute atomic E-state index is 12.9. The molecule has 3 heteroatoms. The predicted molar refractivity (Wildman–Crippen MR) is 88.5 cm³/mol. The number of carbonyl (C=O) groups is 1. The maximum atomic E-state index is 12.9. The Hall–Kier alpha value is -2.29. The van der Waals surface area contributed by atoms with Crippen LogP contribution in [0.2, 0.25) is 0 Å². The molecular formula is C19H21NO2. The summed E-state index contributed by atoms with van der Waals surface area (Å²) < 4.78 is 5.43. The van der Waals surface area contributed by atoms with Crippen LogP contribution in [-0.4, -0.2) is 13.0 Å². The van der Waals surface area contributed by atoms with Crippen molar-refractivity contribution in [1.82, 2.24) is 0 Å². The highest BCUT2D eigenvalue weighted by atomic mass is 16.5. The molecule has 0 spiro atoms. The van der Waals surface area contributed by atoms with E-state index in [2.05, 4.69) is 18.3 Å². The van der Waals surface area contributed by atoms with Crippen LogP contribution < -0.4 is 10.1 Å². The first-order valence-corrected chi connectivity index (χ1v) is 7.59. The predicted octanol–water partition coefficient (Wildman–Crippen LogP) is 3.98. The summed E-state index contributed by atoms with van der Waals surface area (Å²) in [5.74, 6) is 0.849. The zero-order chi connectivity index (χ0) is 15.7. The number of aryl methyl sites for hydroxylation is 1. The number of methoxy groups -OCH3 is 1. The fraction of sp³-hybridized carbons (Fsp3) is 0.316. The van der Waals surface area contributed by atoms with Gasteiger partial charge in [-0.1, -0.05) is 30.3 Å². The van der Waals surface area contributed by atoms with Crippen molar-refractivity contribution in [3.05, 3.63) is 59.2 Å². The number of carbonyl (C=O) groups excluding carboxylic acids is 1. The van der Waals surface area contributed by atoms with E-state index in [4.69, 9.17) is 4.74 Å². The molecule has 0 saturated heterocycles. The second-order valence-corrected chi connectivity index (χ2v) is 5.98. The van der Waals surface area contributed by atoms with Gasteiger partial charge in [-0.3, -0.25) is 4.79 Å². The minimum absolute atomic E-state index is 0.0608. The first kappa shape index (κ1) is 14.6. The van der Waals surface area contributed by atoms with Gasteiger partial charge < -0.3 is 10.1 Å². The summed E-state index contributed by atoms with van der Waals surface area (Å²) in [5.41, 5.74) is 3.74. The van der Waals surface area contributed by atoms with Crippen molar-refractivity contribution in [3.63, 3.8) is 0 Å². The Balaban J connectivity index is 1.90. The third kappa shape index (κ3) is 2.37. The number of para-hydroxylation sites is 1. The highest BCUT2D eigenvalue weighted by Gasteiger charge is 2.52. The van der Waals surface area contributed by atoms with Crippen LogP contribution >= 0.6 is 0 Å². The van der Waals surface area contributed by atoms with E-state index in [-0.39, 0.29) is 5.91 Å². The molecule has 3 rings (SSSR count). The Morgan fingerprint density at radius 2 is 1.82 bits per heavy atom. The van der Waals surface area contributed by atoms with Crippen LogP contribution in [0.25, 0.3) is 0 Å². The Bertz CT molecular complexity index is 717. The fourth-order valence-corrected chi connectivity index (χ4v) is 2.91. The quantitative estimate of drug-likeness (QED) is 0.926. The van der Waals surface area contributed by atoms with Crippen LogP contribution in [-0.2, 0) is 10.2 Å². The van der Waals surface area contributed by atoms with Crippen LogP contribution in [0.5, 0.6) is 5.75 Å². The summed E-state index contributed by atoms with van der Waals surface area (Å²) in [6.07, 6.45) is 1.73. The molecule has 3 nitrogen and oxygen atoms in total. The molecule has 0 atom stereocenters. The van der Waals surface area contributed by atoms with Crippen molar-refractivity contribution in [3.8, 4) is 5.75 Å². The Kier molecular flexibility index (Phi) is 3.65. The molecular weight excluding hydrogens is 274 g/mol. The number of benzene rings is 2. The molecule has 22 heavy (non-hydrogen) atoms. The van der Waals surface area contributed by atoms with Gasteiger partial charge in [0.15, 0.2) is 0 Å². The third-order valence-corrected chi connectivity index (χ3v) is 4.66. The summed E-state index contributed by atoms with van der Waals surface area (Å²) in [7, 11) is 1.65. The van der Waals surface area contributed by atoms with Gasteiger partial charge >= 0.3 is 0 Å². The third-order valence-electron chi connectivity index (χ3n) is 4.66. The lowest BCUT2D eigenvalue weighted by Crippen LogP contribution is -2.28. The first-order chi connectivity index (χ1) is 10.6. The molecule has 0 aromatic heterocycles. The summed E-state index contributed by atoms with van der Waals surface area (Å²) >= 11 is 0. The minimum Gasteiger partial charge on any atom is -0.496 e. The van der Waals surface area contributed by atoms with Gasteiger partial charge in [-0.15, -0.1) is 0 Å². The van der Waals surface area contributed by atoms with Crippen LogP contribution in [0.4, 0.5) is 5.69 Å². The second-order valence-electron chi connectivity index (χ2n) is 5.98. The molecule has 0 aliphatic heterocycles. The van der Waals surface area contributed by atoms with Crippen LogP contribution in [0, 0.1) is 13.8 Å². The summed E-state index contributed by atoms with van der Waals surface area (Å²) in [6, 6.07) is 13.8. The van der Waals surface area contributed by atoms with Gasteiger partial charge in [0.05, 0.1) is 12.5 Å². The van der Waals surface area contributed by atoms with E-state index >= 15 is 0 Å². The van der Waals surface area contributed by atoms with Gasteiger partial charge in [0.25, 0.3) is 0 Å². The van der Waals surface area contributed by atoms with E-state index in [1.807, 2.05) is 43.3 Å². The minimum atomic E-state index is -0.442. The average molecular weight is 295 g/mol.